The molecule has 1 saturated heterocycles. The Balaban J connectivity index is 1.60. The van der Waals surface area contributed by atoms with Gasteiger partial charge in [0.1, 0.15) is 11.9 Å². The molecule has 0 unspecified atom stereocenters. The Morgan fingerprint density at radius 2 is 1.62 bits per heavy atom. The molecule has 24 heavy (non-hydrogen) atoms. The lowest BCUT2D eigenvalue weighted by Crippen LogP contribution is -2.41. The number of hydrogen-bond donors (Lipinski definition) is 0. The van der Waals surface area contributed by atoms with Gasteiger partial charge in [-0.05, 0) is 38.6 Å². The SMILES string of the molecule is CN(C)CCN1CCC(Oc2ccccc2-c2ccccc2)CC1. The van der Waals surface area contributed by atoms with Gasteiger partial charge >= 0.3 is 0 Å². The number of rotatable bonds is 6. The predicted octanol–water partition coefficient (Wildman–Crippen LogP) is 3.76. The minimum atomic E-state index is 0.325. The molecule has 0 atom stereocenters. The van der Waals surface area contributed by atoms with E-state index in [0.717, 1.165) is 44.8 Å². The molecule has 1 heterocycles. The summed E-state index contributed by atoms with van der Waals surface area (Å²) in [5, 5.41) is 0. The first-order chi connectivity index (χ1) is 11.7. The van der Waals surface area contributed by atoms with Crippen molar-refractivity contribution >= 4 is 0 Å². The zero-order valence-electron chi connectivity index (χ0n) is 14.8. The van der Waals surface area contributed by atoms with Crippen LogP contribution >= 0.6 is 0 Å². The summed E-state index contributed by atoms with van der Waals surface area (Å²) < 4.78 is 6.38. The number of ether oxygens (including phenoxy) is 1. The fraction of sp³-hybridized carbons (Fsp3) is 0.429. The molecule has 2 aromatic rings. The minimum Gasteiger partial charge on any atom is -0.490 e. The summed E-state index contributed by atoms with van der Waals surface area (Å²) in [4.78, 5) is 4.79. The smallest absolute Gasteiger partial charge is 0.127 e. The molecule has 3 heteroatoms. The fourth-order valence-electron chi connectivity index (χ4n) is 3.20. The van der Waals surface area contributed by atoms with Crippen LogP contribution in [-0.2, 0) is 0 Å². The molecule has 1 aliphatic rings. The highest BCUT2D eigenvalue weighted by molar-refractivity contribution is 5.70. The first-order valence-corrected chi connectivity index (χ1v) is 8.90. The Bertz CT molecular complexity index is 619. The third kappa shape index (κ3) is 4.59. The molecule has 0 bridgehead atoms. The Kier molecular flexibility index (Phi) is 5.89. The van der Waals surface area contributed by atoms with Gasteiger partial charge in [0.25, 0.3) is 0 Å². The molecule has 0 saturated carbocycles. The van der Waals surface area contributed by atoms with Crippen LogP contribution in [0.3, 0.4) is 0 Å². The van der Waals surface area contributed by atoms with Crippen molar-refractivity contribution < 1.29 is 4.74 Å². The van der Waals surface area contributed by atoms with E-state index < -0.39 is 0 Å². The van der Waals surface area contributed by atoms with Crippen molar-refractivity contribution in [2.24, 2.45) is 0 Å². The quantitative estimate of drug-likeness (QED) is 0.805. The Morgan fingerprint density at radius 1 is 0.958 bits per heavy atom. The molecular formula is C21H28N2O. The Hall–Kier alpha value is -1.84. The van der Waals surface area contributed by atoms with Crippen LogP contribution in [0.5, 0.6) is 5.75 Å². The average molecular weight is 324 g/mol. The maximum absolute atomic E-state index is 6.38. The van der Waals surface area contributed by atoms with Crippen LogP contribution in [0.25, 0.3) is 11.1 Å². The van der Waals surface area contributed by atoms with Gasteiger partial charge in [-0.2, -0.15) is 0 Å². The van der Waals surface area contributed by atoms with E-state index >= 15 is 0 Å². The largest absolute Gasteiger partial charge is 0.490 e. The van der Waals surface area contributed by atoms with Crippen molar-refractivity contribution in [3.8, 4) is 16.9 Å². The summed E-state index contributed by atoms with van der Waals surface area (Å²) in [7, 11) is 4.27. The first kappa shape index (κ1) is 17.0. The monoisotopic (exact) mass is 324 g/mol. The van der Waals surface area contributed by atoms with Crippen LogP contribution in [0.4, 0.5) is 0 Å². The summed E-state index contributed by atoms with van der Waals surface area (Å²) in [5.74, 6) is 1.01. The van der Waals surface area contributed by atoms with Gasteiger partial charge in [0.05, 0.1) is 0 Å². The van der Waals surface area contributed by atoms with E-state index in [1.165, 1.54) is 11.1 Å². The molecule has 0 N–H and O–H groups in total. The molecule has 1 aliphatic heterocycles. The number of piperidine rings is 1. The van der Waals surface area contributed by atoms with Crippen LogP contribution in [0.15, 0.2) is 54.6 Å². The first-order valence-electron chi connectivity index (χ1n) is 8.90. The van der Waals surface area contributed by atoms with Crippen LogP contribution in [-0.4, -0.2) is 56.2 Å². The molecule has 0 spiro atoms. The van der Waals surface area contributed by atoms with Crippen LogP contribution in [0.1, 0.15) is 12.8 Å². The standard InChI is InChI=1S/C21H28N2O/c1-22(2)16-17-23-14-12-19(13-15-23)24-21-11-7-6-10-20(21)18-8-4-3-5-9-18/h3-11,19H,12-17H2,1-2H3. The molecule has 1 fully saturated rings. The maximum Gasteiger partial charge on any atom is 0.127 e. The number of benzene rings is 2. The van der Waals surface area contributed by atoms with Gasteiger partial charge in [0, 0.05) is 31.7 Å². The summed E-state index contributed by atoms with van der Waals surface area (Å²) in [6.45, 7) is 4.54. The normalized spacial score (nSPS) is 16.5. The summed E-state index contributed by atoms with van der Waals surface area (Å²) in [5.41, 5.74) is 2.41. The zero-order chi connectivity index (χ0) is 16.8. The number of nitrogens with zero attached hydrogens (tertiary/aromatic N) is 2. The van der Waals surface area contributed by atoms with E-state index in [2.05, 4.69) is 78.5 Å². The number of para-hydroxylation sites is 1. The summed E-state index contributed by atoms with van der Waals surface area (Å²) >= 11 is 0. The van der Waals surface area contributed by atoms with Crippen molar-refractivity contribution in [3.63, 3.8) is 0 Å². The van der Waals surface area contributed by atoms with Crippen molar-refractivity contribution in [2.75, 3.05) is 40.3 Å². The van der Waals surface area contributed by atoms with Gasteiger partial charge in [-0.3, -0.25) is 0 Å². The van der Waals surface area contributed by atoms with E-state index in [1.807, 2.05) is 0 Å². The highest BCUT2D eigenvalue weighted by atomic mass is 16.5. The third-order valence-electron chi connectivity index (χ3n) is 4.66. The lowest BCUT2D eigenvalue weighted by molar-refractivity contribution is 0.0970. The lowest BCUT2D eigenvalue weighted by atomic mass is 10.0. The second-order valence-electron chi connectivity index (χ2n) is 6.82. The molecule has 3 rings (SSSR count). The minimum absolute atomic E-state index is 0.325. The highest BCUT2D eigenvalue weighted by Gasteiger charge is 2.21. The average Bonchev–Trinajstić information content (AvgIpc) is 2.62. The number of likely N-dealkylation sites (tertiary alicyclic amines) is 1. The van der Waals surface area contributed by atoms with E-state index in [1.54, 1.807) is 0 Å². The number of hydrogen-bond acceptors (Lipinski definition) is 3. The second kappa shape index (κ2) is 8.32. The zero-order valence-corrected chi connectivity index (χ0v) is 14.8. The molecule has 0 aromatic heterocycles. The predicted molar refractivity (Wildman–Crippen MR) is 101 cm³/mol. The van der Waals surface area contributed by atoms with Crippen LogP contribution in [0.2, 0.25) is 0 Å². The van der Waals surface area contributed by atoms with Gasteiger partial charge in [-0.1, -0.05) is 48.5 Å². The Morgan fingerprint density at radius 3 is 2.33 bits per heavy atom. The molecule has 128 valence electrons. The van der Waals surface area contributed by atoms with E-state index in [0.29, 0.717) is 6.10 Å². The van der Waals surface area contributed by atoms with E-state index in [-0.39, 0.29) is 0 Å². The molecule has 0 amide bonds. The maximum atomic E-state index is 6.38. The topological polar surface area (TPSA) is 15.7 Å². The highest BCUT2D eigenvalue weighted by Crippen LogP contribution is 2.31. The summed E-state index contributed by atoms with van der Waals surface area (Å²) in [6, 6.07) is 18.9. The fourth-order valence-corrected chi connectivity index (χ4v) is 3.20. The summed E-state index contributed by atoms with van der Waals surface area (Å²) in [6.07, 6.45) is 2.54. The van der Waals surface area contributed by atoms with E-state index in [9.17, 15) is 0 Å². The van der Waals surface area contributed by atoms with E-state index in [4.69, 9.17) is 4.74 Å². The van der Waals surface area contributed by atoms with Crippen molar-refractivity contribution in [3.05, 3.63) is 54.6 Å². The molecule has 0 radical (unpaired) electrons. The van der Waals surface area contributed by atoms with Crippen molar-refractivity contribution in [2.45, 2.75) is 18.9 Å². The second-order valence-corrected chi connectivity index (χ2v) is 6.82. The van der Waals surface area contributed by atoms with Gasteiger partial charge in [0.15, 0.2) is 0 Å². The van der Waals surface area contributed by atoms with Gasteiger partial charge in [0.2, 0.25) is 0 Å². The third-order valence-corrected chi connectivity index (χ3v) is 4.66. The van der Waals surface area contributed by atoms with Gasteiger partial charge in [-0.15, -0.1) is 0 Å². The van der Waals surface area contributed by atoms with Crippen molar-refractivity contribution in [1.29, 1.82) is 0 Å². The molecule has 2 aromatic carbocycles. The molecular weight excluding hydrogens is 296 g/mol. The number of likely N-dealkylation sites (N-methyl/N-ethyl adjacent to an activating group) is 1. The van der Waals surface area contributed by atoms with Crippen LogP contribution < -0.4 is 4.74 Å². The van der Waals surface area contributed by atoms with Crippen molar-refractivity contribution in [1.82, 2.24) is 9.80 Å². The molecule has 0 aliphatic carbocycles. The van der Waals surface area contributed by atoms with Gasteiger partial charge < -0.3 is 14.5 Å². The lowest BCUT2D eigenvalue weighted by Gasteiger charge is -2.33. The van der Waals surface area contributed by atoms with Crippen LogP contribution in [0, 0.1) is 0 Å². The van der Waals surface area contributed by atoms with Gasteiger partial charge in [-0.25, -0.2) is 0 Å². The molecule has 3 nitrogen and oxygen atoms in total. The Labute approximate surface area is 145 Å².